The molecule has 2 rings (SSSR count). The number of aromatic nitrogens is 2. The van der Waals surface area contributed by atoms with Gasteiger partial charge in [0.15, 0.2) is 11.5 Å². The van der Waals surface area contributed by atoms with Gasteiger partial charge in [0.25, 0.3) is 0 Å². The van der Waals surface area contributed by atoms with Crippen molar-refractivity contribution < 1.29 is 13.2 Å². The van der Waals surface area contributed by atoms with Gasteiger partial charge in [0.2, 0.25) is 0 Å². The summed E-state index contributed by atoms with van der Waals surface area (Å²) in [4.78, 5) is 0. The lowest BCUT2D eigenvalue weighted by Gasteiger charge is -2.08. The van der Waals surface area contributed by atoms with Crippen molar-refractivity contribution >= 4 is 23.1 Å². The molecule has 0 fully saturated rings. The lowest BCUT2D eigenvalue weighted by atomic mass is 10.1. The first-order valence-corrected chi connectivity index (χ1v) is 6.35. The summed E-state index contributed by atoms with van der Waals surface area (Å²) in [5, 5.41) is 9.51. The number of alkyl halides is 4. The predicted molar refractivity (Wildman–Crippen MR) is 71.2 cm³/mol. The lowest BCUT2D eigenvalue weighted by molar-refractivity contribution is -0.141. The molecule has 0 unspecified atom stereocenters. The molecule has 0 atom stereocenters. The van der Waals surface area contributed by atoms with Gasteiger partial charge in [0.05, 0.1) is 0 Å². The van der Waals surface area contributed by atoms with Crippen molar-refractivity contribution in [1.29, 1.82) is 0 Å². The molecular weight excluding hydrogens is 291 g/mol. The van der Waals surface area contributed by atoms with E-state index in [2.05, 4.69) is 15.5 Å². The standard InChI is InChI=1S/C13H11ClF3N3/c14-8-7-9-1-3-10(4-2-9)18-12-6-5-11(19-20-12)13(15,16)17/h1-6H,7-8H2,(H,18,20). The highest BCUT2D eigenvalue weighted by Gasteiger charge is 2.32. The summed E-state index contributed by atoms with van der Waals surface area (Å²) in [7, 11) is 0. The van der Waals surface area contributed by atoms with Crippen molar-refractivity contribution in [3.63, 3.8) is 0 Å². The van der Waals surface area contributed by atoms with E-state index < -0.39 is 11.9 Å². The van der Waals surface area contributed by atoms with Crippen LogP contribution < -0.4 is 5.32 Å². The van der Waals surface area contributed by atoms with Crippen LogP contribution in [0.4, 0.5) is 24.7 Å². The number of hydrogen-bond donors (Lipinski definition) is 1. The highest BCUT2D eigenvalue weighted by Crippen LogP contribution is 2.27. The summed E-state index contributed by atoms with van der Waals surface area (Å²) in [6.45, 7) is 0. The summed E-state index contributed by atoms with van der Waals surface area (Å²) >= 11 is 5.63. The molecule has 1 aromatic heterocycles. The largest absolute Gasteiger partial charge is 0.435 e. The molecule has 0 saturated carbocycles. The second-order valence-corrected chi connectivity index (χ2v) is 4.44. The topological polar surface area (TPSA) is 37.8 Å². The first-order valence-electron chi connectivity index (χ1n) is 5.82. The minimum Gasteiger partial charge on any atom is -0.339 e. The Balaban J connectivity index is 2.06. The van der Waals surface area contributed by atoms with Gasteiger partial charge in [0.1, 0.15) is 0 Å². The number of anilines is 2. The Kier molecular flexibility index (Phi) is 4.44. The fourth-order valence-corrected chi connectivity index (χ4v) is 1.78. The Bertz CT molecular complexity index is 553. The molecule has 7 heteroatoms. The minimum atomic E-state index is -4.48. The summed E-state index contributed by atoms with van der Waals surface area (Å²) in [5.74, 6) is 0.792. The molecule has 106 valence electrons. The van der Waals surface area contributed by atoms with Crippen LogP contribution in [0.15, 0.2) is 36.4 Å². The van der Waals surface area contributed by atoms with E-state index >= 15 is 0 Å². The predicted octanol–water partition coefficient (Wildman–Crippen LogP) is 4.02. The van der Waals surface area contributed by atoms with E-state index in [1.165, 1.54) is 6.07 Å². The molecular formula is C13H11ClF3N3. The van der Waals surface area contributed by atoms with Crippen LogP contribution in [0.3, 0.4) is 0 Å². The molecule has 1 heterocycles. The van der Waals surface area contributed by atoms with Crippen LogP contribution in [0.1, 0.15) is 11.3 Å². The van der Waals surface area contributed by atoms with Crippen molar-refractivity contribution in [3.05, 3.63) is 47.7 Å². The third-order valence-electron chi connectivity index (χ3n) is 2.56. The Hall–Kier alpha value is -1.82. The number of halogens is 4. The Labute approximate surface area is 118 Å². The third-order valence-corrected chi connectivity index (χ3v) is 2.75. The van der Waals surface area contributed by atoms with Crippen molar-refractivity contribution in [3.8, 4) is 0 Å². The number of nitrogens with one attached hydrogen (secondary N) is 1. The van der Waals surface area contributed by atoms with Gasteiger partial charge >= 0.3 is 6.18 Å². The molecule has 3 nitrogen and oxygen atoms in total. The number of rotatable bonds is 4. The smallest absolute Gasteiger partial charge is 0.339 e. The van der Waals surface area contributed by atoms with E-state index in [1.54, 1.807) is 12.1 Å². The van der Waals surface area contributed by atoms with Crippen LogP contribution in [-0.4, -0.2) is 16.1 Å². The molecule has 0 aliphatic rings. The van der Waals surface area contributed by atoms with Gasteiger partial charge in [-0.2, -0.15) is 13.2 Å². The van der Waals surface area contributed by atoms with Gasteiger partial charge in [-0.3, -0.25) is 0 Å². The molecule has 0 aliphatic heterocycles. The number of benzene rings is 1. The second-order valence-electron chi connectivity index (χ2n) is 4.06. The Morgan fingerprint density at radius 1 is 1.00 bits per heavy atom. The maximum Gasteiger partial charge on any atom is 0.435 e. The van der Waals surface area contributed by atoms with Gasteiger partial charge < -0.3 is 5.32 Å². The molecule has 0 amide bonds. The molecule has 0 saturated heterocycles. The number of nitrogens with zero attached hydrogens (tertiary/aromatic N) is 2. The van der Waals surface area contributed by atoms with Gasteiger partial charge in [0, 0.05) is 11.6 Å². The van der Waals surface area contributed by atoms with Crippen LogP contribution >= 0.6 is 11.6 Å². The van der Waals surface area contributed by atoms with Gasteiger partial charge in [-0.05, 0) is 36.2 Å². The van der Waals surface area contributed by atoms with E-state index in [4.69, 9.17) is 11.6 Å². The maximum absolute atomic E-state index is 12.3. The van der Waals surface area contributed by atoms with Crippen molar-refractivity contribution in [2.45, 2.75) is 12.6 Å². The maximum atomic E-state index is 12.3. The van der Waals surface area contributed by atoms with Gasteiger partial charge in [-0.15, -0.1) is 21.8 Å². The van der Waals surface area contributed by atoms with Crippen molar-refractivity contribution in [2.75, 3.05) is 11.2 Å². The highest BCUT2D eigenvalue weighted by atomic mass is 35.5. The Morgan fingerprint density at radius 3 is 2.20 bits per heavy atom. The fourth-order valence-electron chi connectivity index (χ4n) is 1.56. The van der Waals surface area contributed by atoms with E-state index in [0.29, 0.717) is 5.88 Å². The summed E-state index contributed by atoms with van der Waals surface area (Å²) < 4.78 is 37.0. The number of hydrogen-bond acceptors (Lipinski definition) is 3. The third kappa shape index (κ3) is 3.84. The van der Waals surface area contributed by atoms with Crippen LogP contribution in [0.2, 0.25) is 0 Å². The normalized spacial score (nSPS) is 11.4. The fraction of sp³-hybridized carbons (Fsp3) is 0.231. The van der Waals surface area contributed by atoms with E-state index in [1.807, 2.05) is 12.1 Å². The van der Waals surface area contributed by atoms with Crippen molar-refractivity contribution in [1.82, 2.24) is 10.2 Å². The van der Waals surface area contributed by atoms with Crippen LogP contribution in [0.5, 0.6) is 0 Å². The quantitative estimate of drug-likeness (QED) is 0.867. The zero-order chi connectivity index (χ0) is 14.6. The first kappa shape index (κ1) is 14.6. The van der Waals surface area contributed by atoms with Gasteiger partial charge in [-0.25, -0.2) is 0 Å². The average molecular weight is 302 g/mol. The van der Waals surface area contributed by atoms with Crippen LogP contribution in [0, 0.1) is 0 Å². The van der Waals surface area contributed by atoms with Crippen LogP contribution in [-0.2, 0) is 12.6 Å². The molecule has 20 heavy (non-hydrogen) atoms. The zero-order valence-electron chi connectivity index (χ0n) is 10.3. The van der Waals surface area contributed by atoms with E-state index in [0.717, 1.165) is 23.7 Å². The van der Waals surface area contributed by atoms with Crippen LogP contribution in [0.25, 0.3) is 0 Å². The molecule has 1 N–H and O–H groups in total. The summed E-state index contributed by atoms with van der Waals surface area (Å²) in [6.07, 6.45) is -3.71. The van der Waals surface area contributed by atoms with E-state index in [-0.39, 0.29) is 5.82 Å². The first-order chi connectivity index (χ1) is 9.49. The highest BCUT2D eigenvalue weighted by molar-refractivity contribution is 6.17. The molecule has 0 spiro atoms. The van der Waals surface area contributed by atoms with Gasteiger partial charge in [-0.1, -0.05) is 12.1 Å². The Morgan fingerprint density at radius 2 is 1.70 bits per heavy atom. The molecule has 0 radical (unpaired) electrons. The number of aryl methyl sites for hydroxylation is 1. The molecule has 2 aromatic rings. The summed E-state index contributed by atoms with van der Waals surface area (Å²) in [6, 6.07) is 9.52. The summed E-state index contributed by atoms with van der Waals surface area (Å²) in [5.41, 5.74) is 0.793. The van der Waals surface area contributed by atoms with E-state index in [9.17, 15) is 13.2 Å². The lowest BCUT2D eigenvalue weighted by Crippen LogP contribution is -2.09. The SMILES string of the molecule is FC(F)(F)c1ccc(Nc2ccc(CCCl)cc2)nn1. The minimum absolute atomic E-state index is 0.253. The second kappa shape index (κ2) is 6.09. The average Bonchev–Trinajstić information content (AvgIpc) is 2.41. The molecule has 0 bridgehead atoms. The molecule has 0 aliphatic carbocycles. The van der Waals surface area contributed by atoms with Crippen molar-refractivity contribution in [2.24, 2.45) is 0 Å². The zero-order valence-corrected chi connectivity index (χ0v) is 11.0. The monoisotopic (exact) mass is 301 g/mol. The molecule has 1 aromatic carbocycles.